The summed E-state index contributed by atoms with van der Waals surface area (Å²) in [5, 5.41) is 3.68. The number of nitrogens with zero attached hydrogens (tertiary/aromatic N) is 2. The van der Waals surface area contributed by atoms with Gasteiger partial charge in [-0.05, 0) is 45.0 Å². The molecule has 0 amide bonds. The SMILES string of the molecule is CCCS(=O)(=O)c1c(N)nsc1NCCCN(C)C. The number of sulfone groups is 1. The van der Waals surface area contributed by atoms with Crippen LogP contribution in [-0.4, -0.2) is 50.6 Å². The molecule has 0 saturated carbocycles. The van der Waals surface area contributed by atoms with Gasteiger partial charge >= 0.3 is 0 Å². The van der Waals surface area contributed by atoms with Crippen LogP contribution in [0.1, 0.15) is 19.8 Å². The predicted molar refractivity (Wildman–Crippen MR) is 80.5 cm³/mol. The van der Waals surface area contributed by atoms with Gasteiger partial charge in [-0.15, -0.1) is 0 Å². The van der Waals surface area contributed by atoms with Crippen LogP contribution in [0.25, 0.3) is 0 Å². The van der Waals surface area contributed by atoms with Crippen molar-refractivity contribution in [2.24, 2.45) is 0 Å². The van der Waals surface area contributed by atoms with Crippen molar-refractivity contribution in [1.82, 2.24) is 9.27 Å². The summed E-state index contributed by atoms with van der Waals surface area (Å²) < 4.78 is 28.2. The summed E-state index contributed by atoms with van der Waals surface area (Å²) in [6.45, 7) is 3.48. The maximum Gasteiger partial charge on any atom is 0.185 e. The monoisotopic (exact) mass is 306 g/mol. The van der Waals surface area contributed by atoms with Gasteiger partial charge in [0.2, 0.25) is 0 Å². The summed E-state index contributed by atoms with van der Waals surface area (Å²) in [6.07, 6.45) is 1.50. The van der Waals surface area contributed by atoms with Gasteiger partial charge in [0.25, 0.3) is 0 Å². The number of nitrogens with two attached hydrogens (primary N) is 1. The largest absolute Gasteiger partial charge is 0.382 e. The minimum Gasteiger partial charge on any atom is -0.382 e. The first-order chi connectivity index (χ1) is 8.88. The lowest BCUT2D eigenvalue weighted by molar-refractivity contribution is 0.405. The number of nitrogens with one attached hydrogen (secondary N) is 1. The van der Waals surface area contributed by atoms with Gasteiger partial charge in [0.15, 0.2) is 15.7 Å². The van der Waals surface area contributed by atoms with Crippen molar-refractivity contribution in [3.05, 3.63) is 0 Å². The van der Waals surface area contributed by atoms with Gasteiger partial charge in [-0.2, -0.15) is 4.37 Å². The Morgan fingerprint density at radius 3 is 2.68 bits per heavy atom. The maximum atomic E-state index is 12.1. The third kappa shape index (κ3) is 4.63. The van der Waals surface area contributed by atoms with E-state index in [1.54, 1.807) is 0 Å². The summed E-state index contributed by atoms with van der Waals surface area (Å²) in [4.78, 5) is 2.25. The number of anilines is 2. The Morgan fingerprint density at radius 1 is 1.42 bits per heavy atom. The number of aromatic nitrogens is 1. The molecule has 3 N–H and O–H groups in total. The molecule has 0 aliphatic heterocycles. The van der Waals surface area contributed by atoms with Gasteiger partial charge in [-0.1, -0.05) is 6.92 Å². The van der Waals surface area contributed by atoms with E-state index in [4.69, 9.17) is 5.73 Å². The van der Waals surface area contributed by atoms with Gasteiger partial charge in [0.05, 0.1) is 5.75 Å². The molecule has 0 aromatic carbocycles. The normalized spacial score (nSPS) is 12.0. The van der Waals surface area contributed by atoms with E-state index < -0.39 is 9.84 Å². The molecule has 19 heavy (non-hydrogen) atoms. The van der Waals surface area contributed by atoms with Crippen LogP contribution in [-0.2, 0) is 9.84 Å². The highest BCUT2D eigenvalue weighted by Gasteiger charge is 2.24. The van der Waals surface area contributed by atoms with E-state index in [1.807, 2.05) is 21.0 Å². The van der Waals surface area contributed by atoms with E-state index in [1.165, 1.54) is 0 Å². The average molecular weight is 306 g/mol. The molecule has 0 spiro atoms. The fourth-order valence-electron chi connectivity index (χ4n) is 1.68. The van der Waals surface area contributed by atoms with Crippen LogP contribution in [0.5, 0.6) is 0 Å². The fraction of sp³-hybridized carbons (Fsp3) is 0.727. The van der Waals surface area contributed by atoms with Crippen LogP contribution in [0, 0.1) is 0 Å². The first-order valence-corrected chi connectivity index (χ1v) is 8.67. The van der Waals surface area contributed by atoms with E-state index in [9.17, 15) is 8.42 Å². The molecule has 0 unspecified atom stereocenters. The summed E-state index contributed by atoms with van der Waals surface area (Å²) in [5.41, 5.74) is 5.68. The lowest BCUT2D eigenvalue weighted by Crippen LogP contribution is -2.17. The van der Waals surface area contributed by atoms with Crippen molar-refractivity contribution in [3.8, 4) is 0 Å². The second-order valence-corrected chi connectivity index (χ2v) is 7.45. The molecule has 1 rings (SSSR count). The quantitative estimate of drug-likeness (QED) is 0.703. The van der Waals surface area contributed by atoms with Crippen molar-refractivity contribution in [2.75, 3.05) is 44.0 Å². The molecule has 1 heterocycles. The Kier molecular flexibility index (Phi) is 6.02. The van der Waals surface area contributed by atoms with Crippen molar-refractivity contribution >= 4 is 32.2 Å². The molecule has 6 nitrogen and oxygen atoms in total. The number of hydrogen-bond donors (Lipinski definition) is 2. The van der Waals surface area contributed by atoms with E-state index in [0.29, 0.717) is 18.0 Å². The number of rotatable bonds is 8. The molecule has 0 aliphatic carbocycles. The molecule has 0 bridgehead atoms. The van der Waals surface area contributed by atoms with Crippen LogP contribution in [0.3, 0.4) is 0 Å². The molecule has 1 aromatic heterocycles. The predicted octanol–water partition coefficient (Wildman–Crippen LogP) is 1.27. The highest BCUT2D eigenvalue weighted by atomic mass is 32.2. The average Bonchev–Trinajstić information content (AvgIpc) is 2.66. The zero-order chi connectivity index (χ0) is 14.5. The van der Waals surface area contributed by atoms with Crippen LogP contribution < -0.4 is 11.1 Å². The smallest absolute Gasteiger partial charge is 0.185 e. The standard InChI is InChI=1S/C11H22N4O2S2/c1-4-8-19(16,17)9-10(12)14-18-11(9)13-6-5-7-15(2)3/h13H,4-8H2,1-3H3,(H2,12,14). The third-order valence-electron chi connectivity index (χ3n) is 2.53. The van der Waals surface area contributed by atoms with Gasteiger partial charge in [-0.3, -0.25) is 0 Å². The summed E-state index contributed by atoms with van der Waals surface area (Å²) in [6, 6.07) is 0. The van der Waals surface area contributed by atoms with Crippen LogP contribution in [0.2, 0.25) is 0 Å². The van der Waals surface area contributed by atoms with E-state index in [2.05, 4.69) is 14.6 Å². The molecule has 110 valence electrons. The summed E-state index contributed by atoms with van der Waals surface area (Å²) in [5.74, 6) is 0.204. The van der Waals surface area contributed by atoms with Crippen molar-refractivity contribution in [3.63, 3.8) is 0 Å². The van der Waals surface area contributed by atoms with Crippen LogP contribution in [0.15, 0.2) is 4.90 Å². The van der Waals surface area contributed by atoms with E-state index in [-0.39, 0.29) is 16.5 Å². The first kappa shape index (κ1) is 16.2. The molecule has 0 aliphatic rings. The molecular weight excluding hydrogens is 284 g/mol. The second-order valence-electron chi connectivity index (χ2n) is 4.63. The maximum absolute atomic E-state index is 12.1. The Labute approximate surface area is 119 Å². The lowest BCUT2D eigenvalue weighted by atomic mass is 10.4. The number of nitrogen functional groups attached to an aromatic ring is 1. The molecule has 8 heteroatoms. The lowest BCUT2D eigenvalue weighted by Gasteiger charge is -2.10. The van der Waals surface area contributed by atoms with Crippen molar-refractivity contribution in [2.45, 2.75) is 24.7 Å². The van der Waals surface area contributed by atoms with Gasteiger partial charge in [0.1, 0.15) is 9.90 Å². The fourth-order valence-corrected chi connectivity index (χ4v) is 4.32. The zero-order valence-corrected chi connectivity index (χ0v) is 13.3. The summed E-state index contributed by atoms with van der Waals surface area (Å²) in [7, 11) is 0.672. The van der Waals surface area contributed by atoms with Crippen molar-refractivity contribution < 1.29 is 8.42 Å². The molecule has 1 aromatic rings. The van der Waals surface area contributed by atoms with Gasteiger partial charge in [0, 0.05) is 6.54 Å². The Hall–Kier alpha value is -0.860. The highest BCUT2D eigenvalue weighted by Crippen LogP contribution is 2.32. The van der Waals surface area contributed by atoms with Gasteiger partial charge < -0.3 is 16.0 Å². The topological polar surface area (TPSA) is 88.3 Å². The minimum atomic E-state index is -3.33. The number of hydrogen-bond acceptors (Lipinski definition) is 7. The van der Waals surface area contributed by atoms with Gasteiger partial charge in [-0.25, -0.2) is 8.42 Å². The van der Waals surface area contributed by atoms with Crippen LogP contribution >= 0.6 is 11.5 Å². The molecule has 0 saturated heterocycles. The van der Waals surface area contributed by atoms with E-state index >= 15 is 0 Å². The third-order valence-corrected chi connectivity index (χ3v) is 5.45. The molecule has 0 atom stereocenters. The Balaban J connectivity index is 2.75. The zero-order valence-electron chi connectivity index (χ0n) is 11.6. The molecule has 0 radical (unpaired) electrons. The van der Waals surface area contributed by atoms with Crippen molar-refractivity contribution in [1.29, 1.82) is 0 Å². The molecular formula is C11H22N4O2S2. The highest BCUT2D eigenvalue weighted by molar-refractivity contribution is 7.91. The van der Waals surface area contributed by atoms with E-state index in [0.717, 1.165) is 24.5 Å². The first-order valence-electron chi connectivity index (χ1n) is 6.25. The minimum absolute atomic E-state index is 0.0992. The Morgan fingerprint density at radius 2 is 2.11 bits per heavy atom. The summed E-state index contributed by atoms with van der Waals surface area (Å²) >= 11 is 1.11. The van der Waals surface area contributed by atoms with Crippen LogP contribution in [0.4, 0.5) is 10.8 Å². The molecule has 0 fully saturated rings. The second kappa shape index (κ2) is 7.06. The Bertz CT molecular complexity index is 497.